The fraction of sp³-hybridized carbons (Fsp3) is 0.812. The molecular weight excluding hydrogens is 326 g/mol. The minimum Gasteiger partial charge on any atom is -0.383 e. The highest BCUT2D eigenvalue weighted by atomic mass is 32.2. The van der Waals surface area contributed by atoms with Crippen LogP contribution in [0.25, 0.3) is 0 Å². The van der Waals surface area contributed by atoms with Crippen molar-refractivity contribution in [3.05, 3.63) is 5.82 Å². The van der Waals surface area contributed by atoms with E-state index in [-0.39, 0.29) is 11.2 Å². The van der Waals surface area contributed by atoms with Crippen LogP contribution in [-0.4, -0.2) is 46.3 Å². The van der Waals surface area contributed by atoms with Crippen molar-refractivity contribution in [3.8, 4) is 0 Å². The normalized spacial score (nSPS) is 16.9. The number of nitrogens with one attached hydrogen (secondary N) is 1. The molecule has 136 valence electrons. The third kappa shape index (κ3) is 5.66. The Bertz CT molecular complexity index is 517. The Balaban J connectivity index is 1.81. The van der Waals surface area contributed by atoms with E-state index in [0.717, 1.165) is 24.6 Å². The zero-order valence-corrected chi connectivity index (χ0v) is 15.5. The predicted molar refractivity (Wildman–Crippen MR) is 95.3 cm³/mol. The van der Waals surface area contributed by atoms with Gasteiger partial charge in [-0.05, 0) is 19.3 Å². The number of amides is 1. The lowest BCUT2D eigenvalue weighted by Gasteiger charge is -2.20. The van der Waals surface area contributed by atoms with Gasteiger partial charge >= 0.3 is 0 Å². The highest BCUT2D eigenvalue weighted by Gasteiger charge is 2.20. The third-order valence-corrected chi connectivity index (χ3v) is 5.55. The summed E-state index contributed by atoms with van der Waals surface area (Å²) in [6.07, 6.45) is 8.66. The van der Waals surface area contributed by atoms with E-state index in [0.29, 0.717) is 18.3 Å². The van der Waals surface area contributed by atoms with Gasteiger partial charge < -0.3 is 15.9 Å². The van der Waals surface area contributed by atoms with Gasteiger partial charge in [0.1, 0.15) is 0 Å². The molecule has 3 N–H and O–H groups in total. The molecule has 1 atom stereocenters. The van der Waals surface area contributed by atoms with E-state index < -0.39 is 0 Å². The first-order chi connectivity index (χ1) is 11.6. The van der Waals surface area contributed by atoms with E-state index in [1.165, 1.54) is 48.5 Å². The maximum Gasteiger partial charge on any atom is 0.233 e. The fourth-order valence-corrected chi connectivity index (χ4v) is 3.81. The van der Waals surface area contributed by atoms with Gasteiger partial charge in [0.2, 0.25) is 11.1 Å². The van der Waals surface area contributed by atoms with Crippen molar-refractivity contribution in [1.29, 1.82) is 0 Å². The van der Waals surface area contributed by atoms with Crippen molar-refractivity contribution in [2.45, 2.75) is 62.3 Å². The molecule has 0 radical (unpaired) electrons. The number of aryl methyl sites for hydroxylation is 1. The number of nitrogens with zero attached hydrogens (tertiary/aromatic N) is 3. The number of hydrogen-bond acceptors (Lipinski definition) is 6. The monoisotopic (exact) mass is 355 g/mol. The molecule has 1 aromatic rings. The number of thioether (sulfide) groups is 1. The standard InChI is InChI=1S/C16H29N5O2S/c1-12(15(22)18-10-11-23-2)24-16-20-19-14(21(16)17)9-8-13-6-4-3-5-7-13/h12-13H,3-11,17H2,1-2H3,(H,18,22)/t12-/m0/s1. The highest BCUT2D eigenvalue weighted by molar-refractivity contribution is 8.00. The van der Waals surface area contributed by atoms with Crippen LogP contribution in [0.2, 0.25) is 0 Å². The molecular formula is C16H29N5O2S. The van der Waals surface area contributed by atoms with Crippen molar-refractivity contribution < 1.29 is 9.53 Å². The van der Waals surface area contributed by atoms with Crippen LogP contribution in [0, 0.1) is 5.92 Å². The fourth-order valence-electron chi connectivity index (χ4n) is 3.00. The SMILES string of the molecule is COCCNC(=O)[C@H](C)Sc1nnc(CCC2CCCCC2)n1N. The first kappa shape index (κ1) is 19.1. The van der Waals surface area contributed by atoms with Crippen molar-refractivity contribution in [2.24, 2.45) is 5.92 Å². The van der Waals surface area contributed by atoms with E-state index in [4.69, 9.17) is 10.6 Å². The number of ether oxygens (including phenoxy) is 1. The smallest absolute Gasteiger partial charge is 0.233 e. The van der Waals surface area contributed by atoms with Gasteiger partial charge in [-0.1, -0.05) is 43.9 Å². The largest absolute Gasteiger partial charge is 0.383 e. The summed E-state index contributed by atoms with van der Waals surface area (Å²) in [7, 11) is 1.61. The molecule has 24 heavy (non-hydrogen) atoms. The molecule has 1 saturated carbocycles. The van der Waals surface area contributed by atoms with Crippen LogP contribution in [0.15, 0.2) is 5.16 Å². The van der Waals surface area contributed by atoms with E-state index in [1.807, 2.05) is 6.92 Å². The number of nitrogens with two attached hydrogens (primary N) is 1. The number of rotatable bonds is 9. The van der Waals surface area contributed by atoms with Gasteiger partial charge in [0, 0.05) is 20.1 Å². The molecule has 0 aliphatic heterocycles. The average Bonchev–Trinajstić information content (AvgIpc) is 2.94. The first-order valence-electron chi connectivity index (χ1n) is 8.74. The molecule has 0 spiro atoms. The molecule has 1 aromatic heterocycles. The zero-order valence-electron chi connectivity index (χ0n) is 14.7. The van der Waals surface area contributed by atoms with Crippen LogP contribution in [0.3, 0.4) is 0 Å². The molecule has 8 heteroatoms. The Morgan fingerprint density at radius 2 is 2.17 bits per heavy atom. The summed E-state index contributed by atoms with van der Waals surface area (Å²) >= 11 is 1.33. The zero-order chi connectivity index (χ0) is 17.4. The lowest BCUT2D eigenvalue weighted by molar-refractivity contribution is -0.120. The molecule has 0 saturated heterocycles. The third-order valence-electron chi connectivity index (χ3n) is 4.49. The van der Waals surface area contributed by atoms with Crippen molar-refractivity contribution in [1.82, 2.24) is 20.2 Å². The summed E-state index contributed by atoms with van der Waals surface area (Å²) in [6.45, 7) is 2.84. The van der Waals surface area contributed by atoms with Gasteiger partial charge in [0.15, 0.2) is 5.82 Å². The lowest BCUT2D eigenvalue weighted by atomic mass is 9.86. The van der Waals surface area contributed by atoms with E-state index in [2.05, 4.69) is 15.5 Å². The molecule has 2 rings (SSSR count). The Hall–Kier alpha value is -1.28. The number of nitrogen functional groups attached to an aromatic ring is 1. The van der Waals surface area contributed by atoms with Gasteiger partial charge in [-0.25, -0.2) is 4.68 Å². The molecule has 1 heterocycles. The Morgan fingerprint density at radius 3 is 2.88 bits per heavy atom. The second-order valence-electron chi connectivity index (χ2n) is 6.36. The van der Waals surface area contributed by atoms with Gasteiger partial charge in [-0.3, -0.25) is 4.79 Å². The number of methoxy groups -OCH3 is 1. The van der Waals surface area contributed by atoms with E-state index in [9.17, 15) is 4.79 Å². The van der Waals surface area contributed by atoms with Crippen molar-refractivity contribution in [2.75, 3.05) is 26.1 Å². The molecule has 1 aliphatic carbocycles. The lowest BCUT2D eigenvalue weighted by Crippen LogP contribution is -2.33. The molecule has 7 nitrogen and oxygen atoms in total. The van der Waals surface area contributed by atoms with Crippen LogP contribution < -0.4 is 11.2 Å². The molecule has 0 unspecified atom stereocenters. The van der Waals surface area contributed by atoms with Crippen LogP contribution in [0.5, 0.6) is 0 Å². The summed E-state index contributed by atoms with van der Waals surface area (Å²) in [4.78, 5) is 12.0. The van der Waals surface area contributed by atoms with Gasteiger partial charge in [-0.2, -0.15) is 0 Å². The first-order valence-corrected chi connectivity index (χ1v) is 9.62. The molecule has 1 amide bonds. The second kappa shape index (κ2) is 9.88. The second-order valence-corrected chi connectivity index (χ2v) is 7.66. The van der Waals surface area contributed by atoms with Gasteiger partial charge in [-0.15, -0.1) is 10.2 Å². The highest BCUT2D eigenvalue weighted by Crippen LogP contribution is 2.28. The summed E-state index contributed by atoms with van der Waals surface area (Å²) in [5.41, 5.74) is 0. The predicted octanol–water partition coefficient (Wildman–Crippen LogP) is 1.75. The molecule has 1 aliphatic rings. The molecule has 0 bridgehead atoms. The Kier molecular flexibility index (Phi) is 7.84. The Labute approximate surface area is 148 Å². The van der Waals surface area contributed by atoms with Crippen molar-refractivity contribution >= 4 is 17.7 Å². The minimum absolute atomic E-state index is 0.0520. The number of hydrogen-bond donors (Lipinski definition) is 2. The molecule has 0 aromatic carbocycles. The van der Waals surface area contributed by atoms with Crippen LogP contribution >= 0.6 is 11.8 Å². The molecule has 1 fully saturated rings. The van der Waals surface area contributed by atoms with Crippen LogP contribution in [0.4, 0.5) is 0 Å². The average molecular weight is 356 g/mol. The Morgan fingerprint density at radius 1 is 1.42 bits per heavy atom. The van der Waals surface area contributed by atoms with Gasteiger partial charge in [0.05, 0.1) is 11.9 Å². The van der Waals surface area contributed by atoms with E-state index in [1.54, 1.807) is 7.11 Å². The maximum atomic E-state index is 12.0. The van der Waals surface area contributed by atoms with Crippen molar-refractivity contribution in [3.63, 3.8) is 0 Å². The summed E-state index contributed by atoms with van der Waals surface area (Å²) in [5, 5.41) is 11.5. The van der Waals surface area contributed by atoms with E-state index >= 15 is 0 Å². The summed E-state index contributed by atoms with van der Waals surface area (Å²) in [5.74, 6) is 7.65. The number of carbonyl (C=O) groups is 1. The van der Waals surface area contributed by atoms with Crippen LogP contribution in [-0.2, 0) is 16.0 Å². The van der Waals surface area contributed by atoms with Gasteiger partial charge in [0.25, 0.3) is 0 Å². The number of aromatic nitrogens is 3. The summed E-state index contributed by atoms with van der Waals surface area (Å²) < 4.78 is 6.46. The maximum absolute atomic E-state index is 12.0. The number of carbonyl (C=O) groups excluding carboxylic acids is 1. The van der Waals surface area contributed by atoms with Crippen LogP contribution in [0.1, 0.15) is 51.3 Å². The quantitative estimate of drug-likeness (QED) is 0.398. The summed E-state index contributed by atoms with van der Waals surface area (Å²) in [6, 6.07) is 0. The topological polar surface area (TPSA) is 95.1 Å². The minimum atomic E-state index is -0.278.